The first kappa shape index (κ1) is 15.3. The lowest BCUT2D eigenvalue weighted by atomic mass is 9.94. The van der Waals surface area contributed by atoms with E-state index in [9.17, 15) is 4.79 Å². The van der Waals surface area contributed by atoms with Crippen molar-refractivity contribution in [2.75, 3.05) is 23.9 Å². The topological polar surface area (TPSA) is 32.3 Å². The zero-order chi connectivity index (χ0) is 15.5. The Balaban J connectivity index is 2.09. The molecule has 0 bridgehead atoms. The van der Waals surface area contributed by atoms with E-state index in [1.807, 2.05) is 41.5 Å². The van der Waals surface area contributed by atoms with Crippen LogP contribution in [0.1, 0.15) is 17.2 Å². The number of carbonyl (C=O) groups excluding carboxylic acids is 1. The third-order valence-corrected chi connectivity index (χ3v) is 4.60. The average molecular weight is 333 g/mol. The van der Waals surface area contributed by atoms with Crippen LogP contribution in [0.4, 0.5) is 10.5 Å². The Morgan fingerprint density at radius 3 is 2.73 bits per heavy atom. The van der Waals surface area contributed by atoms with Gasteiger partial charge < -0.3 is 10.2 Å². The molecule has 2 amide bonds. The third kappa shape index (κ3) is 2.94. The molecular weight excluding hydrogens is 316 g/mol. The van der Waals surface area contributed by atoms with Gasteiger partial charge in [-0.2, -0.15) is 11.8 Å². The second kappa shape index (κ2) is 6.63. The molecule has 3 rings (SSSR count). The summed E-state index contributed by atoms with van der Waals surface area (Å²) >= 11 is 7.91. The molecule has 1 atom stereocenters. The molecule has 0 fully saturated rings. The second-order valence-corrected chi connectivity index (χ2v) is 6.58. The van der Waals surface area contributed by atoms with Gasteiger partial charge in [-0.1, -0.05) is 41.9 Å². The summed E-state index contributed by atoms with van der Waals surface area (Å²) < 4.78 is 0. The molecule has 0 aromatic heterocycles. The van der Waals surface area contributed by atoms with Crippen LogP contribution in [0.25, 0.3) is 0 Å². The Labute approximate surface area is 139 Å². The standard InChI is InChI=1S/C17H17ClN2OS/c1-22-10-9-20-16(12-5-3-2-4-6-12)14-11-13(18)7-8-15(14)19-17(20)21/h2-8,11,16H,9-10H2,1H3,(H,19,21). The van der Waals surface area contributed by atoms with Gasteiger partial charge >= 0.3 is 6.03 Å². The normalized spacial score (nSPS) is 17.1. The van der Waals surface area contributed by atoms with Crippen LogP contribution < -0.4 is 5.32 Å². The summed E-state index contributed by atoms with van der Waals surface area (Å²) in [6.45, 7) is 0.693. The number of nitrogens with zero attached hydrogens (tertiary/aromatic N) is 1. The van der Waals surface area contributed by atoms with Crippen molar-refractivity contribution in [1.29, 1.82) is 0 Å². The van der Waals surface area contributed by atoms with Crippen LogP contribution in [0.15, 0.2) is 48.5 Å². The van der Waals surface area contributed by atoms with E-state index < -0.39 is 0 Å². The highest BCUT2D eigenvalue weighted by Crippen LogP contribution is 2.38. The predicted molar refractivity (Wildman–Crippen MR) is 93.8 cm³/mol. The average Bonchev–Trinajstić information content (AvgIpc) is 2.54. The molecule has 1 heterocycles. The molecule has 0 radical (unpaired) electrons. The fourth-order valence-electron chi connectivity index (χ4n) is 2.76. The van der Waals surface area contributed by atoms with E-state index in [0.29, 0.717) is 11.6 Å². The van der Waals surface area contributed by atoms with Crippen LogP contribution in [0.3, 0.4) is 0 Å². The van der Waals surface area contributed by atoms with Crippen LogP contribution in [-0.4, -0.2) is 29.5 Å². The van der Waals surface area contributed by atoms with Gasteiger partial charge in [-0.3, -0.25) is 0 Å². The molecule has 3 nitrogen and oxygen atoms in total. The Hall–Kier alpha value is -1.65. The lowest BCUT2D eigenvalue weighted by Crippen LogP contribution is -2.43. The summed E-state index contributed by atoms with van der Waals surface area (Å²) in [4.78, 5) is 14.4. The van der Waals surface area contributed by atoms with E-state index in [1.54, 1.807) is 17.8 Å². The number of hydrogen-bond donors (Lipinski definition) is 1. The Morgan fingerprint density at radius 1 is 1.23 bits per heavy atom. The minimum absolute atomic E-state index is 0.0577. The number of anilines is 1. The predicted octanol–water partition coefficient (Wildman–Crippen LogP) is 4.64. The quantitative estimate of drug-likeness (QED) is 0.884. The summed E-state index contributed by atoms with van der Waals surface area (Å²) in [6.07, 6.45) is 2.05. The maximum absolute atomic E-state index is 12.5. The van der Waals surface area contributed by atoms with Gasteiger partial charge in [0.15, 0.2) is 0 Å². The lowest BCUT2D eigenvalue weighted by molar-refractivity contribution is 0.199. The highest BCUT2D eigenvalue weighted by Gasteiger charge is 2.33. The number of amides is 2. The lowest BCUT2D eigenvalue weighted by Gasteiger charge is -2.37. The molecule has 114 valence electrons. The van der Waals surface area contributed by atoms with Crippen LogP contribution in [0.5, 0.6) is 0 Å². The smallest absolute Gasteiger partial charge is 0.312 e. The maximum Gasteiger partial charge on any atom is 0.322 e. The first-order valence-corrected chi connectivity index (χ1v) is 8.89. The number of rotatable bonds is 4. The van der Waals surface area contributed by atoms with Gasteiger partial charge in [0.2, 0.25) is 0 Å². The highest BCUT2D eigenvalue weighted by atomic mass is 35.5. The molecule has 0 spiro atoms. The summed E-state index contributed by atoms with van der Waals surface area (Å²) in [5, 5.41) is 3.65. The molecule has 5 heteroatoms. The third-order valence-electron chi connectivity index (χ3n) is 3.77. The van der Waals surface area contributed by atoms with Crippen molar-refractivity contribution in [3.63, 3.8) is 0 Å². The van der Waals surface area contributed by atoms with Crippen LogP contribution in [0.2, 0.25) is 5.02 Å². The fraction of sp³-hybridized carbons (Fsp3) is 0.235. The number of fused-ring (bicyclic) bond motifs is 1. The largest absolute Gasteiger partial charge is 0.322 e. The monoisotopic (exact) mass is 332 g/mol. The first-order valence-electron chi connectivity index (χ1n) is 7.11. The van der Waals surface area contributed by atoms with Gasteiger partial charge in [0.25, 0.3) is 0 Å². The van der Waals surface area contributed by atoms with Gasteiger partial charge in [-0.15, -0.1) is 0 Å². The van der Waals surface area contributed by atoms with Crippen molar-refractivity contribution in [3.05, 3.63) is 64.7 Å². The molecule has 1 unspecified atom stereocenters. The molecule has 0 aliphatic carbocycles. The van der Waals surface area contributed by atoms with Crippen molar-refractivity contribution in [2.24, 2.45) is 0 Å². The molecule has 2 aromatic rings. The number of benzene rings is 2. The molecular formula is C17H17ClN2OS. The fourth-order valence-corrected chi connectivity index (χ4v) is 3.32. The van der Waals surface area contributed by atoms with E-state index in [2.05, 4.69) is 17.4 Å². The van der Waals surface area contributed by atoms with Crippen LogP contribution in [-0.2, 0) is 0 Å². The van der Waals surface area contributed by atoms with E-state index >= 15 is 0 Å². The molecule has 0 saturated heterocycles. The summed E-state index contributed by atoms with van der Waals surface area (Å²) in [5.41, 5.74) is 2.98. The molecule has 1 aliphatic rings. The molecule has 1 aliphatic heterocycles. The van der Waals surface area contributed by atoms with Gasteiger partial charge in [-0.25, -0.2) is 4.79 Å². The van der Waals surface area contributed by atoms with Gasteiger partial charge in [-0.05, 0) is 30.0 Å². The van der Waals surface area contributed by atoms with Crippen molar-refractivity contribution in [2.45, 2.75) is 6.04 Å². The van der Waals surface area contributed by atoms with Gasteiger partial charge in [0, 0.05) is 28.6 Å². The molecule has 2 aromatic carbocycles. The molecule has 0 saturated carbocycles. The molecule has 1 N–H and O–H groups in total. The van der Waals surface area contributed by atoms with Crippen molar-refractivity contribution in [1.82, 2.24) is 4.90 Å². The zero-order valence-electron chi connectivity index (χ0n) is 12.3. The van der Waals surface area contributed by atoms with Gasteiger partial charge in [0.05, 0.1) is 6.04 Å². The van der Waals surface area contributed by atoms with Crippen molar-refractivity contribution in [3.8, 4) is 0 Å². The first-order chi connectivity index (χ1) is 10.7. The summed E-state index contributed by atoms with van der Waals surface area (Å²) in [5.74, 6) is 0.895. The van der Waals surface area contributed by atoms with Crippen molar-refractivity contribution < 1.29 is 4.79 Å². The Kier molecular flexibility index (Phi) is 4.60. The van der Waals surface area contributed by atoms with E-state index in [4.69, 9.17) is 11.6 Å². The summed E-state index contributed by atoms with van der Waals surface area (Å²) in [7, 11) is 0. The zero-order valence-corrected chi connectivity index (χ0v) is 13.8. The van der Waals surface area contributed by atoms with E-state index in [0.717, 1.165) is 22.6 Å². The number of urea groups is 1. The second-order valence-electron chi connectivity index (χ2n) is 5.16. The molecule has 22 heavy (non-hydrogen) atoms. The van der Waals surface area contributed by atoms with E-state index in [1.165, 1.54) is 0 Å². The SMILES string of the molecule is CSCCN1C(=O)Nc2ccc(Cl)cc2C1c1ccccc1. The van der Waals surface area contributed by atoms with E-state index in [-0.39, 0.29) is 12.1 Å². The number of thioether (sulfide) groups is 1. The Morgan fingerprint density at radius 2 is 2.00 bits per heavy atom. The number of hydrogen-bond acceptors (Lipinski definition) is 2. The number of carbonyl (C=O) groups is 1. The summed E-state index contributed by atoms with van der Waals surface area (Å²) in [6, 6.07) is 15.6. The Bertz CT molecular complexity index is 678. The maximum atomic E-state index is 12.5. The number of nitrogens with one attached hydrogen (secondary N) is 1. The van der Waals surface area contributed by atoms with Crippen LogP contribution >= 0.6 is 23.4 Å². The minimum atomic E-state index is -0.101. The van der Waals surface area contributed by atoms with Crippen LogP contribution in [0, 0.1) is 0 Å². The van der Waals surface area contributed by atoms with Crippen molar-refractivity contribution >= 4 is 35.1 Å². The highest BCUT2D eigenvalue weighted by molar-refractivity contribution is 7.98. The van der Waals surface area contributed by atoms with Gasteiger partial charge in [0.1, 0.15) is 0 Å². The number of halogens is 1. The minimum Gasteiger partial charge on any atom is -0.312 e.